The van der Waals surface area contributed by atoms with Crippen LogP contribution in [0.3, 0.4) is 0 Å². The van der Waals surface area contributed by atoms with Crippen LogP contribution < -0.4 is 5.32 Å². The van der Waals surface area contributed by atoms with E-state index >= 15 is 0 Å². The highest BCUT2D eigenvalue weighted by molar-refractivity contribution is 8.01. The maximum absolute atomic E-state index is 5.79. The SMILES string of the molecule is CNCCCSc1ccc(Cl)s1. The molecule has 1 heterocycles. The molecule has 12 heavy (non-hydrogen) atoms. The van der Waals surface area contributed by atoms with E-state index in [-0.39, 0.29) is 0 Å². The molecular formula is C8H12ClNS2. The van der Waals surface area contributed by atoms with Crippen molar-refractivity contribution in [2.24, 2.45) is 0 Å². The van der Waals surface area contributed by atoms with E-state index in [2.05, 4.69) is 11.4 Å². The summed E-state index contributed by atoms with van der Waals surface area (Å²) in [7, 11) is 1.98. The van der Waals surface area contributed by atoms with Crippen LogP contribution in [0.4, 0.5) is 0 Å². The molecule has 0 amide bonds. The zero-order valence-electron chi connectivity index (χ0n) is 6.97. The summed E-state index contributed by atoms with van der Waals surface area (Å²) in [5.74, 6) is 1.16. The molecule has 0 aliphatic heterocycles. The topological polar surface area (TPSA) is 12.0 Å². The van der Waals surface area contributed by atoms with Crippen molar-refractivity contribution in [2.45, 2.75) is 10.6 Å². The highest BCUT2D eigenvalue weighted by Gasteiger charge is 1.97. The fraction of sp³-hybridized carbons (Fsp3) is 0.500. The second kappa shape index (κ2) is 5.86. The van der Waals surface area contributed by atoms with Crippen LogP contribution in [0.25, 0.3) is 0 Å². The fourth-order valence-corrected chi connectivity index (χ4v) is 3.12. The van der Waals surface area contributed by atoms with Crippen LogP contribution in [0.5, 0.6) is 0 Å². The van der Waals surface area contributed by atoms with E-state index in [1.165, 1.54) is 10.6 Å². The van der Waals surface area contributed by atoms with Gasteiger partial charge in [0.15, 0.2) is 0 Å². The molecule has 1 N–H and O–H groups in total. The maximum Gasteiger partial charge on any atom is 0.0940 e. The number of nitrogens with one attached hydrogen (secondary N) is 1. The Bertz CT molecular complexity index is 225. The van der Waals surface area contributed by atoms with Gasteiger partial charge in [0.05, 0.1) is 8.55 Å². The first-order valence-corrected chi connectivity index (χ1v) is 6.03. The van der Waals surface area contributed by atoms with Gasteiger partial charge < -0.3 is 5.32 Å². The Hall–Kier alpha value is 0.300. The molecule has 1 nitrogen and oxygen atoms in total. The summed E-state index contributed by atoms with van der Waals surface area (Å²) in [5, 5.41) is 3.12. The van der Waals surface area contributed by atoms with Crippen molar-refractivity contribution in [1.82, 2.24) is 5.32 Å². The van der Waals surface area contributed by atoms with Crippen LogP contribution in [-0.2, 0) is 0 Å². The first kappa shape index (κ1) is 10.4. The lowest BCUT2D eigenvalue weighted by atomic mass is 10.5. The van der Waals surface area contributed by atoms with Crippen LogP contribution in [-0.4, -0.2) is 19.3 Å². The second-order valence-electron chi connectivity index (χ2n) is 2.36. The van der Waals surface area contributed by atoms with Crippen molar-refractivity contribution < 1.29 is 0 Å². The largest absolute Gasteiger partial charge is 0.320 e. The molecule has 0 aromatic carbocycles. The first-order chi connectivity index (χ1) is 5.83. The average molecular weight is 222 g/mol. The van der Waals surface area contributed by atoms with E-state index in [9.17, 15) is 0 Å². The average Bonchev–Trinajstić information content (AvgIpc) is 2.45. The van der Waals surface area contributed by atoms with Gasteiger partial charge in [0.25, 0.3) is 0 Å². The molecule has 0 unspecified atom stereocenters. The van der Waals surface area contributed by atoms with E-state index in [1.54, 1.807) is 11.3 Å². The molecule has 1 aromatic rings. The zero-order valence-corrected chi connectivity index (χ0v) is 9.36. The molecule has 0 saturated heterocycles. The minimum Gasteiger partial charge on any atom is -0.320 e. The summed E-state index contributed by atoms with van der Waals surface area (Å²) in [5.41, 5.74) is 0. The third kappa shape index (κ3) is 3.81. The molecule has 0 radical (unpaired) electrons. The summed E-state index contributed by atoms with van der Waals surface area (Å²) in [6.07, 6.45) is 1.21. The minimum atomic E-state index is 0.881. The number of thiophene rings is 1. The Kier molecular flexibility index (Phi) is 5.07. The normalized spacial score (nSPS) is 10.5. The Labute approximate surface area is 86.5 Å². The van der Waals surface area contributed by atoms with Crippen molar-refractivity contribution in [3.05, 3.63) is 16.5 Å². The molecule has 4 heteroatoms. The van der Waals surface area contributed by atoms with Crippen molar-refractivity contribution in [2.75, 3.05) is 19.3 Å². The van der Waals surface area contributed by atoms with Gasteiger partial charge in [-0.15, -0.1) is 23.1 Å². The summed E-state index contributed by atoms with van der Waals surface area (Å²) < 4.78 is 2.20. The Morgan fingerprint density at radius 3 is 3.00 bits per heavy atom. The predicted molar refractivity (Wildman–Crippen MR) is 58.6 cm³/mol. The van der Waals surface area contributed by atoms with Gasteiger partial charge in [-0.2, -0.15) is 0 Å². The number of halogens is 1. The smallest absolute Gasteiger partial charge is 0.0940 e. The Morgan fingerprint density at radius 2 is 2.42 bits per heavy atom. The molecule has 68 valence electrons. The van der Waals surface area contributed by atoms with Gasteiger partial charge in [-0.05, 0) is 37.9 Å². The molecule has 0 aliphatic rings. The van der Waals surface area contributed by atoms with E-state index in [1.807, 2.05) is 24.9 Å². The van der Waals surface area contributed by atoms with Crippen LogP contribution in [0.15, 0.2) is 16.3 Å². The quantitative estimate of drug-likeness (QED) is 0.606. The van der Waals surface area contributed by atoms with Gasteiger partial charge >= 0.3 is 0 Å². The lowest BCUT2D eigenvalue weighted by Crippen LogP contribution is -2.07. The highest BCUT2D eigenvalue weighted by Crippen LogP contribution is 2.30. The molecule has 0 saturated carbocycles. The highest BCUT2D eigenvalue weighted by atomic mass is 35.5. The predicted octanol–water partition coefficient (Wildman–Crippen LogP) is 3.10. The number of rotatable bonds is 5. The van der Waals surface area contributed by atoms with Gasteiger partial charge in [0.2, 0.25) is 0 Å². The van der Waals surface area contributed by atoms with E-state index in [0.29, 0.717) is 0 Å². The summed E-state index contributed by atoms with van der Waals surface area (Å²) in [6.45, 7) is 1.09. The Balaban J connectivity index is 2.15. The molecule has 0 bridgehead atoms. The summed E-state index contributed by atoms with van der Waals surface area (Å²) >= 11 is 9.32. The van der Waals surface area contributed by atoms with E-state index < -0.39 is 0 Å². The second-order valence-corrected chi connectivity index (χ2v) is 5.47. The monoisotopic (exact) mass is 221 g/mol. The zero-order chi connectivity index (χ0) is 8.81. The van der Waals surface area contributed by atoms with E-state index in [4.69, 9.17) is 11.6 Å². The standard InChI is InChI=1S/C8H12ClNS2/c1-10-5-2-6-11-8-4-3-7(9)12-8/h3-4,10H,2,5-6H2,1H3. The summed E-state index contributed by atoms with van der Waals surface area (Å²) in [4.78, 5) is 0. The third-order valence-electron chi connectivity index (χ3n) is 1.36. The first-order valence-electron chi connectivity index (χ1n) is 3.85. The molecule has 1 rings (SSSR count). The fourth-order valence-electron chi connectivity index (χ4n) is 0.797. The molecule has 0 atom stereocenters. The molecule has 1 aromatic heterocycles. The van der Waals surface area contributed by atoms with E-state index in [0.717, 1.165) is 16.6 Å². The van der Waals surface area contributed by atoms with Crippen LogP contribution in [0, 0.1) is 0 Å². The van der Waals surface area contributed by atoms with Crippen molar-refractivity contribution in [1.29, 1.82) is 0 Å². The molecular weight excluding hydrogens is 210 g/mol. The minimum absolute atomic E-state index is 0.881. The molecule has 0 spiro atoms. The van der Waals surface area contributed by atoms with Crippen molar-refractivity contribution in [3.63, 3.8) is 0 Å². The summed E-state index contributed by atoms with van der Waals surface area (Å²) in [6, 6.07) is 4.03. The van der Waals surface area contributed by atoms with Gasteiger partial charge in [-0.3, -0.25) is 0 Å². The van der Waals surface area contributed by atoms with Crippen molar-refractivity contribution >= 4 is 34.7 Å². The van der Waals surface area contributed by atoms with Crippen LogP contribution in [0.2, 0.25) is 4.34 Å². The van der Waals surface area contributed by atoms with Gasteiger partial charge in [-0.1, -0.05) is 11.6 Å². The Morgan fingerprint density at radius 1 is 1.58 bits per heavy atom. The number of thioether (sulfide) groups is 1. The van der Waals surface area contributed by atoms with Crippen molar-refractivity contribution in [3.8, 4) is 0 Å². The van der Waals surface area contributed by atoms with Gasteiger partial charge in [0.1, 0.15) is 0 Å². The van der Waals surface area contributed by atoms with Gasteiger partial charge in [-0.25, -0.2) is 0 Å². The lowest BCUT2D eigenvalue weighted by molar-refractivity contribution is 0.778. The van der Waals surface area contributed by atoms with Gasteiger partial charge in [0, 0.05) is 0 Å². The molecule has 0 fully saturated rings. The maximum atomic E-state index is 5.79. The molecule has 0 aliphatic carbocycles. The lowest BCUT2D eigenvalue weighted by Gasteiger charge is -1.97. The van der Waals surface area contributed by atoms with Crippen LogP contribution >= 0.6 is 34.7 Å². The number of hydrogen-bond donors (Lipinski definition) is 1. The number of hydrogen-bond acceptors (Lipinski definition) is 3. The third-order valence-corrected chi connectivity index (χ3v) is 3.91. The van der Waals surface area contributed by atoms with Crippen LogP contribution in [0.1, 0.15) is 6.42 Å².